The van der Waals surface area contributed by atoms with E-state index < -0.39 is 0 Å². The van der Waals surface area contributed by atoms with Gasteiger partial charge in [-0.25, -0.2) is 0 Å². The molecule has 1 aliphatic heterocycles. The first-order valence-electron chi connectivity index (χ1n) is 5.71. The number of likely N-dealkylation sites (tertiary alicyclic amines) is 1. The highest BCUT2D eigenvalue weighted by molar-refractivity contribution is 5.44. The molecule has 0 aliphatic carbocycles. The first kappa shape index (κ1) is 12.0. The predicted molar refractivity (Wildman–Crippen MR) is 63.7 cm³/mol. The second-order valence-electron chi connectivity index (χ2n) is 4.50. The van der Waals surface area contributed by atoms with Gasteiger partial charge in [0.2, 0.25) is 0 Å². The third-order valence-electron chi connectivity index (χ3n) is 3.26. The summed E-state index contributed by atoms with van der Waals surface area (Å²) < 4.78 is 0. The molecule has 0 bridgehead atoms. The molecule has 1 heterocycles. The van der Waals surface area contributed by atoms with Gasteiger partial charge in [0.05, 0.1) is 11.0 Å². The molecule has 5 heteroatoms. The first-order chi connectivity index (χ1) is 8.08. The van der Waals surface area contributed by atoms with E-state index in [9.17, 15) is 15.2 Å². The molecule has 17 heavy (non-hydrogen) atoms. The molecular formula is C12H16N2O3. The maximum absolute atomic E-state index is 10.8. The molecule has 1 atom stereocenters. The minimum atomic E-state index is -0.350. The van der Waals surface area contributed by atoms with E-state index in [0.29, 0.717) is 13.1 Å². The molecule has 0 aromatic heterocycles. The Bertz CT molecular complexity index is 434. The molecule has 1 saturated heterocycles. The van der Waals surface area contributed by atoms with Crippen molar-refractivity contribution in [1.82, 2.24) is 4.90 Å². The number of benzene rings is 1. The fourth-order valence-corrected chi connectivity index (χ4v) is 2.24. The average molecular weight is 236 g/mol. The third-order valence-corrected chi connectivity index (χ3v) is 3.26. The van der Waals surface area contributed by atoms with Crippen LogP contribution in [0.4, 0.5) is 5.69 Å². The van der Waals surface area contributed by atoms with Gasteiger partial charge in [0, 0.05) is 31.3 Å². The molecule has 0 radical (unpaired) electrons. The van der Waals surface area contributed by atoms with E-state index in [2.05, 4.69) is 4.90 Å². The zero-order valence-corrected chi connectivity index (χ0v) is 9.80. The summed E-state index contributed by atoms with van der Waals surface area (Å²) >= 11 is 0. The molecule has 1 aromatic rings. The SMILES string of the molecule is Cc1c(CN2CCC(O)C2)cccc1[N+](=O)[O-]. The lowest BCUT2D eigenvalue weighted by atomic mass is 10.1. The second kappa shape index (κ2) is 4.81. The largest absolute Gasteiger partial charge is 0.392 e. The maximum atomic E-state index is 10.8. The van der Waals surface area contributed by atoms with Crippen molar-refractivity contribution >= 4 is 5.69 Å². The average Bonchev–Trinajstić information content (AvgIpc) is 2.67. The third kappa shape index (κ3) is 2.62. The van der Waals surface area contributed by atoms with Crippen molar-refractivity contribution in [1.29, 1.82) is 0 Å². The molecule has 2 rings (SSSR count). The van der Waals surface area contributed by atoms with Crippen LogP contribution in [0.5, 0.6) is 0 Å². The van der Waals surface area contributed by atoms with E-state index in [-0.39, 0.29) is 16.7 Å². The summed E-state index contributed by atoms with van der Waals surface area (Å²) in [6.07, 6.45) is 0.530. The smallest absolute Gasteiger partial charge is 0.272 e. The van der Waals surface area contributed by atoms with Gasteiger partial charge in [-0.05, 0) is 18.9 Å². The minimum absolute atomic E-state index is 0.169. The van der Waals surface area contributed by atoms with Gasteiger partial charge in [0.15, 0.2) is 0 Å². The normalized spacial score (nSPS) is 20.7. The lowest BCUT2D eigenvalue weighted by molar-refractivity contribution is -0.385. The number of aliphatic hydroxyl groups is 1. The van der Waals surface area contributed by atoms with Gasteiger partial charge in [0.25, 0.3) is 5.69 Å². The number of hydrogen-bond donors (Lipinski definition) is 1. The predicted octanol–water partition coefficient (Wildman–Crippen LogP) is 1.47. The number of aliphatic hydroxyl groups excluding tert-OH is 1. The van der Waals surface area contributed by atoms with Crippen LogP contribution in [0.2, 0.25) is 0 Å². The highest BCUT2D eigenvalue weighted by Gasteiger charge is 2.22. The molecule has 0 amide bonds. The Hall–Kier alpha value is -1.46. The van der Waals surface area contributed by atoms with Crippen molar-refractivity contribution in [3.63, 3.8) is 0 Å². The van der Waals surface area contributed by atoms with Crippen LogP contribution in [0, 0.1) is 17.0 Å². The van der Waals surface area contributed by atoms with Gasteiger partial charge < -0.3 is 5.11 Å². The monoisotopic (exact) mass is 236 g/mol. The number of β-amino-alcohol motifs (C(OH)–C–C–N with tert-alkyl or cyclic N) is 1. The Kier molecular flexibility index (Phi) is 3.40. The van der Waals surface area contributed by atoms with Crippen LogP contribution in [0.15, 0.2) is 18.2 Å². The fraction of sp³-hybridized carbons (Fsp3) is 0.500. The number of nitro groups is 1. The van der Waals surface area contributed by atoms with Gasteiger partial charge in [-0.1, -0.05) is 12.1 Å². The van der Waals surface area contributed by atoms with Crippen LogP contribution < -0.4 is 0 Å². The summed E-state index contributed by atoms with van der Waals surface area (Å²) in [5, 5.41) is 20.3. The highest BCUT2D eigenvalue weighted by atomic mass is 16.6. The standard InChI is InChI=1S/C12H16N2O3/c1-9-10(3-2-4-12(9)14(16)17)7-13-6-5-11(15)8-13/h2-4,11,15H,5-8H2,1H3. The van der Waals surface area contributed by atoms with Crippen molar-refractivity contribution in [2.45, 2.75) is 26.0 Å². The highest BCUT2D eigenvalue weighted by Crippen LogP contribution is 2.23. The molecule has 0 spiro atoms. The van der Waals surface area contributed by atoms with Crippen LogP contribution in [0.1, 0.15) is 17.5 Å². The van der Waals surface area contributed by atoms with E-state index >= 15 is 0 Å². The van der Waals surface area contributed by atoms with E-state index in [1.807, 2.05) is 6.07 Å². The summed E-state index contributed by atoms with van der Waals surface area (Å²) in [5.41, 5.74) is 1.86. The molecule has 92 valence electrons. The molecule has 1 unspecified atom stereocenters. The maximum Gasteiger partial charge on any atom is 0.272 e. The zero-order valence-electron chi connectivity index (χ0n) is 9.80. The molecule has 1 aliphatic rings. The van der Waals surface area contributed by atoms with E-state index in [1.165, 1.54) is 6.07 Å². The fourth-order valence-electron chi connectivity index (χ4n) is 2.24. The quantitative estimate of drug-likeness (QED) is 0.637. The number of rotatable bonds is 3. The van der Waals surface area contributed by atoms with Crippen LogP contribution in [0.25, 0.3) is 0 Å². The van der Waals surface area contributed by atoms with E-state index in [0.717, 1.165) is 24.1 Å². The summed E-state index contributed by atoms with van der Waals surface area (Å²) in [4.78, 5) is 12.6. The van der Waals surface area contributed by atoms with Gasteiger partial charge in [-0.3, -0.25) is 15.0 Å². The molecule has 1 aromatic carbocycles. The molecular weight excluding hydrogens is 220 g/mol. The summed E-state index contributed by atoms with van der Waals surface area (Å²) in [6, 6.07) is 5.15. The molecule has 0 saturated carbocycles. The lowest BCUT2D eigenvalue weighted by Gasteiger charge is -2.16. The second-order valence-corrected chi connectivity index (χ2v) is 4.50. The molecule has 1 N–H and O–H groups in total. The molecule has 1 fully saturated rings. The summed E-state index contributed by atoms with van der Waals surface area (Å²) in [7, 11) is 0. The van der Waals surface area contributed by atoms with Crippen LogP contribution in [-0.2, 0) is 6.54 Å². The Balaban J connectivity index is 2.16. The van der Waals surface area contributed by atoms with Crippen LogP contribution >= 0.6 is 0 Å². The van der Waals surface area contributed by atoms with Gasteiger partial charge >= 0.3 is 0 Å². The Labute approximate surface area is 99.8 Å². The van der Waals surface area contributed by atoms with E-state index in [1.54, 1.807) is 13.0 Å². The van der Waals surface area contributed by atoms with Crippen molar-refractivity contribution in [2.75, 3.05) is 13.1 Å². The Morgan fingerprint density at radius 3 is 2.94 bits per heavy atom. The van der Waals surface area contributed by atoms with Crippen molar-refractivity contribution < 1.29 is 10.0 Å². The topological polar surface area (TPSA) is 66.6 Å². The van der Waals surface area contributed by atoms with Gasteiger partial charge in [0.1, 0.15) is 0 Å². The first-order valence-corrected chi connectivity index (χ1v) is 5.71. The summed E-state index contributed by atoms with van der Waals surface area (Å²) in [6.45, 7) is 3.95. The summed E-state index contributed by atoms with van der Waals surface area (Å²) in [5.74, 6) is 0. The number of hydrogen-bond acceptors (Lipinski definition) is 4. The van der Waals surface area contributed by atoms with Crippen LogP contribution in [-0.4, -0.2) is 34.1 Å². The van der Waals surface area contributed by atoms with E-state index in [4.69, 9.17) is 0 Å². The Morgan fingerprint density at radius 1 is 1.59 bits per heavy atom. The number of nitro benzene ring substituents is 1. The van der Waals surface area contributed by atoms with Crippen LogP contribution in [0.3, 0.4) is 0 Å². The van der Waals surface area contributed by atoms with Gasteiger partial charge in [-0.15, -0.1) is 0 Å². The van der Waals surface area contributed by atoms with Crippen molar-refractivity contribution in [2.24, 2.45) is 0 Å². The number of nitrogens with zero attached hydrogens (tertiary/aromatic N) is 2. The Morgan fingerprint density at radius 2 is 2.35 bits per heavy atom. The zero-order chi connectivity index (χ0) is 12.4. The van der Waals surface area contributed by atoms with Gasteiger partial charge in [-0.2, -0.15) is 0 Å². The lowest BCUT2D eigenvalue weighted by Crippen LogP contribution is -2.22. The molecule has 5 nitrogen and oxygen atoms in total. The van der Waals surface area contributed by atoms with Crippen molar-refractivity contribution in [3.05, 3.63) is 39.4 Å². The minimum Gasteiger partial charge on any atom is -0.392 e. The van der Waals surface area contributed by atoms with Crippen molar-refractivity contribution in [3.8, 4) is 0 Å².